The first-order valence-corrected chi connectivity index (χ1v) is 7.40. The van der Waals surface area contributed by atoms with Gasteiger partial charge in [0.1, 0.15) is 11.6 Å². The van der Waals surface area contributed by atoms with E-state index in [1.807, 2.05) is 0 Å². The monoisotopic (exact) mass is 351 g/mol. The number of halogens is 2. The lowest BCUT2D eigenvalue weighted by atomic mass is 10.1. The molecule has 0 aromatic heterocycles. The van der Waals surface area contributed by atoms with Gasteiger partial charge in [-0.3, -0.25) is 9.59 Å². The summed E-state index contributed by atoms with van der Waals surface area (Å²) in [4.78, 5) is 23.5. The SMILES string of the molecule is COc1ccccc1CC(=O)OCC(=O)Nc1cc(Cl)ccc1F. The number of benzene rings is 2. The largest absolute Gasteiger partial charge is 0.496 e. The van der Waals surface area contributed by atoms with Crippen LogP contribution in [-0.4, -0.2) is 25.6 Å². The number of rotatable bonds is 6. The van der Waals surface area contributed by atoms with E-state index in [2.05, 4.69) is 5.32 Å². The van der Waals surface area contributed by atoms with Gasteiger partial charge in [-0.1, -0.05) is 29.8 Å². The number of para-hydroxylation sites is 1. The number of anilines is 1. The Kier molecular flexibility index (Phi) is 6.14. The van der Waals surface area contributed by atoms with Gasteiger partial charge in [-0.2, -0.15) is 0 Å². The van der Waals surface area contributed by atoms with Gasteiger partial charge in [0.25, 0.3) is 5.91 Å². The second-order valence-electron chi connectivity index (χ2n) is 4.82. The van der Waals surface area contributed by atoms with Crippen LogP contribution in [0.1, 0.15) is 5.56 Å². The lowest BCUT2D eigenvalue weighted by Crippen LogP contribution is -2.22. The maximum absolute atomic E-state index is 13.5. The van der Waals surface area contributed by atoms with Crippen LogP contribution in [0.3, 0.4) is 0 Å². The first-order chi connectivity index (χ1) is 11.5. The second-order valence-corrected chi connectivity index (χ2v) is 5.26. The molecule has 0 unspecified atom stereocenters. The Hall–Kier alpha value is -2.60. The zero-order valence-corrected chi connectivity index (χ0v) is 13.6. The maximum Gasteiger partial charge on any atom is 0.310 e. The van der Waals surface area contributed by atoms with Crippen LogP contribution in [0.15, 0.2) is 42.5 Å². The van der Waals surface area contributed by atoms with Gasteiger partial charge in [0.15, 0.2) is 6.61 Å². The molecule has 2 rings (SSSR count). The molecule has 7 heteroatoms. The third-order valence-electron chi connectivity index (χ3n) is 3.09. The van der Waals surface area contributed by atoms with E-state index < -0.39 is 24.3 Å². The zero-order valence-electron chi connectivity index (χ0n) is 12.8. The zero-order chi connectivity index (χ0) is 17.5. The molecular weight excluding hydrogens is 337 g/mol. The molecule has 5 nitrogen and oxygen atoms in total. The number of carbonyl (C=O) groups excluding carboxylic acids is 2. The number of esters is 1. The molecule has 0 bridgehead atoms. The van der Waals surface area contributed by atoms with Crippen LogP contribution in [0, 0.1) is 5.82 Å². The van der Waals surface area contributed by atoms with Crippen molar-refractivity contribution in [3.8, 4) is 5.75 Å². The molecular formula is C17H15ClFNO4. The molecule has 126 valence electrons. The fourth-order valence-electron chi connectivity index (χ4n) is 1.98. The van der Waals surface area contributed by atoms with Gasteiger partial charge in [0.05, 0.1) is 19.2 Å². The summed E-state index contributed by atoms with van der Waals surface area (Å²) in [5, 5.41) is 2.57. The molecule has 0 spiro atoms. The molecule has 1 amide bonds. The molecule has 0 radical (unpaired) electrons. The first kappa shape index (κ1) is 17.7. The number of nitrogens with one attached hydrogen (secondary N) is 1. The standard InChI is InChI=1S/C17H15ClFNO4/c1-23-15-5-3-2-4-11(15)8-17(22)24-10-16(21)20-14-9-12(18)6-7-13(14)19/h2-7,9H,8,10H2,1H3,(H,20,21). The highest BCUT2D eigenvalue weighted by Gasteiger charge is 2.13. The Morgan fingerprint density at radius 1 is 1.21 bits per heavy atom. The number of amides is 1. The smallest absolute Gasteiger partial charge is 0.310 e. The van der Waals surface area contributed by atoms with Crippen molar-refractivity contribution in [1.29, 1.82) is 0 Å². The molecule has 0 saturated heterocycles. The molecule has 0 heterocycles. The van der Waals surface area contributed by atoms with Crippen molar-refractivity contribution in [1.82, 2.24) is 0 Å². The van der Waals surface area contributed by atoms with Crippen LogP contribution < -0.4 is 10.1 Å². The molecule has 0 fully saturated rings. The molecule has 0 saturated carbocycles. The maximum atomic E-state index is 13.5. The van der Waals surface area contributed by atoms with Gasteiger partial charge in [-0.05, 0) is 24.3 Å². The number of hydrogen-bond acceptors (Lipinski definition) is 4. The van der Waals surface area contributed by atoms with E-state index in [4.69, 9.17) is 21.1 Å². The summed E-state index contributed by atoms with van der Waals surface area (Å²) in [5.74, 6) is -1.33. The van der Waals surface area contributed by atoms with Crippen molar-refractivity contribution in [2.24, 2.45) is 0 Å². The molecule has 0 atom stereocenters. The lowest BCUT2D eigenvalue weighted by molar-refractivity contribution is -0.146. The summed E-state index contributed by atoms with van der Waals surface area (Å²) in [5.41, 5.74) is 0.569. The van der Waals surface area contributed by atoms with Crippen LogP contribution in [0.4, 0.5) is 10.1 Å². The summed E-state index contributed by atoms with van der Waals surface area (Å²) in [6, 6.07) is 10.7. The van der Waals surface area contributed by atoms with Gasteiger partial charge < -0.3 is 14.8 Å². The Balaban J connectivity index is 1.87. The van der Waals surface area contributed by atoms with Gasteiger partial charge in [0.2, 0.25) is 0 Å². The van der Waals surface area contributed by atoms with Crippen molar-refractivity contribution in [2.75, 3.05) is 19.0 Å². The molecule has 24 heavy (non-hydrogen) atoms. The topological polar surface area (TPSA) is 64.6 Å². The average Bonchev–Trinajstić information content (AvgIpc) is 2.57. The van der Waals surface area contributed by atoms with E-state index in [1.165, 1.54) is 19.2 Å². The predicted octanol–water partition coefficient (Wildman–Crippen LogP) is 3.21. The van der Waals surface area contributed by atoms with Crippen LogP contribution in [-0.2, 0) is 20.7 Å². The first-order valence-electron chi connectivity index (χ1n) is 7.02. The van der Waals surface area contributed by atoms with Crippen molar-refractivity contribution in [3.05, 3.63) is 58.9 Å². The third-order valence-corrected chi connectivity index (χ3v) is 3.33. The fourth-order valence-corrected chi connectivity index (χ4v) is 2.15. The molecule has 0 aliphatic carbocycles. The van der Waals surface area contributed by atoms with E-state index in [9.17, 15) is 14.0 Å². The minimum Gasteiger partial charge on any atom is -0.496 e. The molecule has 0 aliphatic heterocycles. The number of hydrogen-bond donors (Lipinski definition) is 1. The molecule has 0 aliphatic rings. The minimum absolute atomic E-state index is 0.0389. The summed E-state index contributed by atoms with van der Waals surface area (Å²) in [6.45, 7) is -0.528. The van der Waals surface area contributed by atoms with E-state index in [0.717, 1.165) is 6.07 Å². The van der Waals surface area contributed by atoms with Crippen molar-refractivity contribution >= 4 is 29.2 Å². The van der Waals surface area contributed by atoms with Gasteiger partial charge in [0, 0.05) is 10.6 Å². The van der Waals surface area contributed by atoms with Crippen LogP contribution in [0.2, 0.25) is 5.02 Å². The molecule has 2 aromatic rings. The summed E-state index contributed by atoms with van der Waals surface area (Å²) in [6.07, 6.45) is -0.0389. The molecule has 2 aromatic carbocycles. The quantitative estimate of drug-likeness (QED) is 0.812. The van der Waals surface area contributed by atoms with E-state index in [0.29, 0.717) is 11.3 Å². The predicted molar refractivity (Wildman–Crippen MR) is 87.7 cm³/mol. The molecule has 1 N–H and O–H groups in total. The van der Waals surface area contributed by atoms with Crippen molar-refractivity contribution in [2.45, 2.75) is 6.42 Å². The van der Waals surface area contributed by atoms with Crippen LogP contribution in [0.5, 0.6) is 5.75 Å². The van der Waals surface area contributed by atoms with Gasteiger partial charge >= 0.3 is 5.97 Å². The highest BCUT2D eigenvalue weighted by atomic mass is 35.5. The minimum atomic E-state index is -0.662. The highest BCUT2D eigenvalue weighted by molar-refractivity contribution is 6.30. The van der Waals surface area contributed by atoms with Gasteiger partial charge in [-0.25, -0.2) is 4.39 Å². The Morgan fingerprint density at radius 3 is 2.71 bits per heavy atom. The Morgan fingerprint density at radius 2 is 1.96 bits per heavy atom. The van der Waals surface area contributed by atoms with E-state index in [1.54, 1.807) is 24.3 Å². The van der Waals surface area contributed by atoms with E-state index >= 15 is 0 Å². The average molecular weight is 352 g/mol. The number of methoxy groups -OCH3 is 1. The third kappa shape index (κ3) is 4.96. The summed E-state index contributed by atoms with van der Waals surface area (Å²) < 4.78 is 23.5. The van der Waals surface area contributed by atoms with Crippen LogP contribution in [0.25, 0.3) is 0 Å². The number of carbonyl (C=O) groups is 2. The summed E-state index contributed by atoms with van der Waals surface area (Å²) in [7, 11) is 1.50. The summed E-state index contributed by atoms with van der Waals surface area (Å²) >= 11 is 5.73. The Labute approximate surface area is 143 Å². The fraction of sp³-hybridized carbons (Fsp3) is 0.176. The van der Waals surface area contributed by atoms with E-state index in [-0.39, 0.29) is 17.1 Å². The number of ether oxygens (including phenoxy) is 2. The Bertz CT molecular complexity index is 751. The van der Waals surface area contributed by atoms with Crippen molar-refractivity contribution < 1.29 is 23.5 Å². The van der Waals surface area contributed by atoms with Crippen LogP contribution >= 0.6 is 11.6 Å². The van der Waals surface area contributed by atoms with Gasteiger partial charge in [-0.15, -0.1) is 0 Å². The normalized spacial score (nSPS) is 10.1. The second kappa shape index (κ2) is 8.31. The highest BCUT2D eigenvalue weighted by Crippen LogP contribution is 2.20. The van der Waals surface area contributed by atoms with Crippen molar-refractivity contribution in [3.63, 3.8) is 0 Å². The lowest BCUT2D eigenvalue weighted by Gasteiger charge is -2.09.